The quantitative estimate of drug-likeness (QED) is 0.855. The number of rotatable bonds is 6. The average Bonchev–Trinajstić information content (AvgIpc) is 2.91. The second kappa shape index (κ2) is 7.39. The Morgan fingerprint density at radius 3 is 2.36 bits per heavy atom. The number of carbonyl (C=O) groups excluding carboxylic acids is 1. The van der Waals surface area contributed by atoms with E-state index in [0.717, 1.165) is 11.8 Å². The van der Waals surface area contributed by atoms with Crippen LogP contribution in [-0.2, 0) is 26.6 Å². The molecule has 0 atom stereocenters. The maximum absolute atomic E-state index is 11.9. The second-order valence-electron chi connectivity index (χ2n) is 7.25. The first-order chi connectivity index (χ1) is 11.5. The maximum atomic E-state index is 11.9. The van der Waals surface area contributed by atoms with E-state index in [1.54, 1.807) is 16.9 Å². The summed E-state index contributed by atoms with van der Waals surface area (Å²) in [5.41, 5.74) is 2.43. The van der Waals surface area contributed by atoms with E-state index in [0.29, 0.717) is 12.4 Å². The molecule has 0 aliphatic carbocycles. The van der Waals surface area contributed by atoms with Crippen LogP contribution in [0.1, 0.15) is 38.3 Å². The molecule has 0 saturated carbocycles. The molecule has 0 unspecified atom stereocenters. The van der Waals surface area contributed by atoms with Gasteiger partial charge in [0, 0.05) is 18.7 Å². The van der Waals surface area contributed by atoms with Crippen LogP contribution in [0.15, 0.2) is 36.5 Å². The molecule has 2 rings (SSSR count). The number of nitrogens with zero attached hydrogens (tertiary/aromatic N) is 2. The van der Waals surface area contributed by atoms with Gasteiger partial charge in [0.1, 0.15) is 15.7 Å². The van der Waals surface area contributed by atoms with Crippen LogP contribution in [0.25, 0.3) is 0 Å². The first-order valence-corrected chi connectivity index (χ1v) is 10.2. The number of hydrogen-bond donors (Lipinski definition) is 1. The first kappa shape index (κ1) is 19.2. The van der Waals surface area contributed by atoms with Crippen molar-refractivity contribution in [1.82, 2.24) is 9.78 Å². The van der Waals surface area contributed by atoms with Crippen LogP contribution in [0.4, 0.5) is 5.82 Å². The first-order valence-electron chi connectivity index (χ1n) is 8.13. The van der Waals surface area contributed by atoms with Crippen LogP contribution in [0.2, 0.25) is 0 Å². The fraction of sp³-hybridized carbons (Fsp3) is 0.444. The fourth-order valence-electron chi connectivity index (χ4n) is 2.33. The van der Waals surface area contributed by atoms with Gasteiger partial charge in [0.25, 0.3) is 0 Å². The molecule has 1 N–H and O–H groups in total. The summed E-state index contributed by atoms with van der Waals surface area (Å²) >= 11 is 0. The van der Waals surface area contributed by atoms with Crippen molar-refractivity contribution in [3.63, 3.8) is 0 Å². The molecule has 0 fully saturated rings. The van der Waals surface area contributed by atoms with E-state index in [9.17, 15) is 13.2 Å². The summed E-state index contributed by atoms with van der Waals surface area (Å²) in [7, 11) is -3.16. The lowest BCUT2D eigenvalue weighted by Crippen LogP contribution is -2.19. The highest BCUT2D eigenvalue weighted by Crippen LogP contribution is 2.22. The lowest BCUT2D eigenvalue weighted by molar-refractivity contribution is -0.115. The number of aromatic nitrogens is 2. The van der Waals surface area contributed by atoms with Gasteiger partial charge in [-0.3, -0.25) is 4.79 Å². The minimum absolute atomic E-state index is 0.0652. The molecule has 136 valence electrons. The lowest BCUT2D eigenvalue weighted by Gasteiger charge is -2.19. The zero-order valence-electron chi connectivity index (χ0n) is 15.1. The van der Waals surface area contributed by atoms with E-state index < -0.39 is 9.84 Å². The van der Waals surface area contributed by atoms with E-state index in [1.165, 1.54) is 5.56 Å². The average molecular weight is 363 g/mol. The van der Waals surface area contributed by atoms with Gasteiger partial charge >= 0.3 is 0 Å². The van der Waals surface area contributed by atoms with Gasteiger partial charge in [0.15, 0.2) is 0 Å². The Bertz CT molecular complexity index is 831. The summed E-state index contributed by atoms with van der Waals surface area (Å²) in [5, 5.41) is 6.94. The fourth-order valence-corrected chi connectivity index (χ4v) is 2.89. The summed E-state index contributed by atoms with van der Waals surface area (Å²) in [6, 6.07) is 10.0. The molecule has 2 aromatic rings. The van der Waals surface area contributed by atoms with Crippen LogP contribution in [0, 0.1) is 0 Å². The summed E-state index contributed by atoms with van der Waals surface area (Å²) in [6.07, 6.45) is 2.66. The highest BCUT2D eigenvalue weighted by Gasteiger charge is 2.14. The Labute approximate surface area is 149 Å². The highest BCUT2D eigenvalue weighted by atomic mass is 32.2. The molecule has 0 aliphatic rings. The van der Waals surface area contributed by atoms with Gasteiger partial charge in [-0.05, 0) is 16.5 Å². The van der Waals surface area contributed by atoms with Crippen LogP contribution < -0.4 is 5.32 Å². The van der Waals surface area contributed by atoms with E-state index in [4.69, 9.17) is 0 Å². The van der Waals surface area contributed by atoms with E-state index in [2.05, 4.69) is 55.5 Å². The molecule has 0 saturated heterocycles. The molecule has 0 spiro atoms. The second-order valence-corrected chi connectivity index (χ2v) is 9.51. The molecule has 0 radical (unpaired) electrons. The Kier molecular flexibility index (Phi) is 5.67. The van der Waals surface area contributed by atoms with Gasteiger partial charge in [-0.1, -0.05) is 45.0 Å². The highest BCUT2D eigenvalue weighted by molar-refractivity contribution is 7.90. The SMILES string of the molecule is CC(C)(C)c1ccc(Cn2nccc2NC(=O)CCS(C)(=O)=O)cc1. The van der Waals surface area contributed by atoms with E-state index in [-0.39, 0.29) is 23.5 Å². The molecule has 0 aliphatic heterocycles. The van der Waals surface area contributed by atoms with Crippen molar-refractivity contribution < 1.29 is 13.2 Å². The van der Waals surface area contributed by atoms with Crippen molar-refractivity contribution in [3.8, 4) is 0 Å². The van der Waals surface area contributed by atoms with Gasteiger partial charge < -0.3 is 5.32 Å². The molecule has 0 bridgehead atoms. The van der Waals surface area contributed by atoms with E-state index >= 15 is 0 Å². The minimum atomic E-state index is -3.16. The third-order valence-corrected chi connectivity index (χ3v) is 4.78. The van der Waals surface area contributed by atoms with Crippen molar-refractivity contribution in [2.24, 2.45) is 0 Å². The molecular weight excluding hydrogens is 338 g/mol. The number of carbonyl (C=O) groups is 1. The van der Waals surface area contributed by atoms with Crippen LogP contribution in [0.3, 0.4) is 0 Å². The molecule has 1 aromatic carbocycles. The molecule has 1 aromatic heterocycles. The van der Waals surface area contributed by atoms with Crippen molar-refractivity contribution >= 4 is 21.6 Å². The number of amides is 1. The predicted molar refractivity (Wildman–Crippen MR) is 99.4 cm³/mol. The zero-order valence-corrected chi connectivity index (χ0v) is 15.9. The number of hydrogen-bond acceptors (Lipinski definition) is 4. The molecule has 6 nitrogen and oxygen atoms in total. The third-order valence-electron chi connectivity index (χ3n) is 3.84. The third kappa shape index (κ3) is 6.01. The Hall–Kier alpha value is -2.15. The van der Waals surface area contributed by atoms with Gasteiger partial charge in [-0.2, -0.15) is 5.10 Å². The van der Waals surface area contributed by atoms with Crippen molar-refractivity contribution in [2.45, 2.75) is 39.2 Å². The maximum Gasteiger partial charge on any atom is 0.226 e. The van der Waals surface area contributed by atoms with Gasteiger partial charge in [-0.15, -0.1) is 0 Å². The van der Waals surface area contributed by atoms with Crippen molar-refractivity contribution in [1.29, 1.82) is 0 Å². The van der Waals surface area contributed by atoms with Crippen LogP contribution in [0.5, 0.6) is 0 Å². The van der Waals surface area contributed by atoms with E-state index in [1.807, 2.05) is 0 Å². The Balaban J connectivity index is 2.03. The Morgan fingerprint density at radius 1 is 1.16 bits per heavy atom. The van der Waals surface area contributed by atoms with Crippen LogP contribution >= 0.6 is 0 Å². The number of sulfone groups is 1. The summed E-state index contributed by atoms with van der Waals surface area (Å²) in [6.45, 7) is 7.03. The Morgan fingerprint density at radius 2 is 1.80 bits per heavy atom. The predicted octanol–water partition coefficient (Wildman–Crippen LogP) is 2.60. The smallest absolute Gasteiger partial charge is 0.226 e. The normalized spacial score (nSPS) is 12.2. The van der Waals surface area contributed by atoms with Gasteiger partial charge in [-0.25, -0.2) is 13.1 Å². The monoisotopic (exact) mass is 363 g/mol. The van der Waals surface area contributed by atoms with Gasteiger partial charge in [0.2, 0.25) is 5.91 Å². The molecular formula is C18H25N3O3S. The largest absolute Gasteiger partial charge is 0.311 e. The summed E-state index contributed by atoms with van der Waals surface area (Å²) in [5.74, 6) is 0.0509. The molecule has 25 heavy (non-hydrogen) atoms. The molecule has 1 heterocycles. The molecule has 7 heteroatoms. The molecule has 1 amide bonds. The summed E-state index contributed by atoms with van der Waals surface area (Å²) in [4.78, 5) is 11.9. The van der Waals surface area contributed by atoms with Crippen molar-refractivity contribution in [2.75, 3.05) is 17.3 Å². The topological polar surface area (TPSA) is 81.1 Å². The summed E-state index contributed by atoms with van der Waals surface area (Å²) < 4.78 is 24.0. The zero-order chi connectivity index (χ0) is 18.7. The van der Waals surface area contributed by atoms with Gasteiger partial charge in [0.05, 0.1) is 18.5 Å². The number of anilines is 1. The lowest BCUT2D eigenvalue weighted by atomic mass is 9.87. The number of benzene rings is 1. The van der Waals surface area contributed by atoms with Crippen LogP contribution in [-0.4, -0.2) is 36.1 Å². The number of nitrogens with one attached hydrogen (secondary N) is 1. The standard InChI is InChI=1S/C18H25N3O3S/c1-18(2,3)15-7-5-14(6-8-15)13-21-16(9-11-19-21)20-17(22)10-12-25(4,23)24/h5-9,11H,10,12-13H2,1-4H3,(H,20,22). The van der Waals surface area contributed by atoms with Crippen molar-refractivity contribution in [3.05, 3.63) is 47.7 Å². The minimum Gasteiger partial charge on any atom is -0.311 e.